The minimum Gasteiger partial charge on any atom is -0.333 e. The Kier molecular flexibility index (Phi) is 7.57. The highest BCUT2D eigenvalue weighted by Crippen LogP contribution is 2.13. The third-order valence-corrected chi connectivity index (χ3v) is 2.66. The van der Waals surface area contributed by atoms with Crippen molar-refractivity contribution < 1.29 is 4.79 Å². The normalized spacial score (nSPS) is 10.8. The fraction of sp³-hybridized carbons (Fsp3) is 0.750. The molecule has 0 saturated heterocycles. The van der Waals surface area contributed by atoms with E-state index in [9.17, 15) is 4.79 Å². The van der Waals surface area contributed by atoms with Crippen LogP contribution in [0.2, 0.25) is 0 Å². The van der Waals surface area contributed by atoms with E-state index < -0.39 is 0 Å². The van der Waals surface area contributed by atoms with Crippen LogP contribution in [0.15, 0.2) is 12.7 Å². The maximum absolute atomic E-state index is 11.8. The monoisotopic (exact) mass is 229 g/mol. The highest BCUT2D eigenvalue weighted by molar-refractivity contribution is 8.13. The van der Waals surface area contributed by atoms with Crippen LogP contribution in [0.1, 0.15) is 27.7 Å². The van der Waals surface area contributed by atoms with Crippen LogP contribution in [0.3, 0.4) is 0 Å². The Hall–Kier alpha value is -0.440. The first-order valence-electron chi connectivity index (χ1n) is 5.50. The van der Waals surface area contributed by atoms with Crippen LogP contribution >= 0.6 is 11.8 Å². The number of nitrogens with zero attached hydrogens (tertiary/aromatic N) is 1. The van der Waals surface area contributed by atoms with Crippen molar-refractivity contribution in [1.29, 1.82) is 0 Å². The second-order valence-corrected chi connectivity index (χ2v) is 5.53. The predicted octanol–water partition coefficient (Wildman–Crippen LogP) is 3.64. The number of carbonyl (C=O) groups is 1. The highest BCUT2D eigenvalue weighted by atomic mass is 32.2. The Labute approximate surface area is 98.1 Å². The molecule has 0 aliphatic heterocycles. The van der Waals surface area contributed by atoms with Crippen LogP contribution in [0.25, 0.3) is 0 Å². The quantitative estimate of drug-likeness (QED) is 0.648. The van der Waals surface area contributed by atoms with Crippen molar-refractivity contribution in [2.24, 2.45) is 11.8 Å². The van der Waals surface area contributed by atoms with Crippen molar-refractivity contribution in [3.05, 3.63) is 12.7 Å². The van der Waals surface area contributed by atoms with Gasteiger partial charge in [0.1, 0.15) is 0 Å². The molecule has 0 atom stereocenters. The lowest BCUT2D eigenvalue weighted by atomic mass is 10.1. The topological polar surface area (TPSA) is 20.3 Å². The average Bonchev–Trinajstić information content (AvgIpc) is 2.11. The summed E-state index contributed by atoms with van der Waals surface area (Å²) in [5.41, 5.74) is 0. The maximum Gasteiger partial charge on any atom is 0.281 e. The predicted molar refractivity (Wildman–Crippen MR) is 69.3 cm³/mol. The van der Waals surface area contributed by atoms with Gasteiger partial charge in [-0.3, -0.25) is 4.79 Å². The zero-order chi connectivity index (χ0) is 11.8. The molecule has 0 aromatic heterocycles. The Balaban J connectivity index is 4.20. The van der Waals surface area contributed by atoms with Gasteiger partial charge in [-0.1, -0.05) is 45.5 Å². The smallest absolute Gasteiger partial charge is 0.281 e. The molecule has 0 radical (unpaired) electrons. The highest BCUT2D eigenvalue weighted by Gasteiger charge is 2.15. The van der Waals surface area contributed by atoms with E-state index in [-0.39, 0.29) is 5.24 Å². The van der Waals surface area contributed by atoms with Gasteiger partial charge in [0.15, 0.2) is 0 Å². The molecule has 0 saturated carbocycles. The summed E-state index contributed by atoms with van der Waals surface area (Å²) in [7, 11) is 0. The molecule has 0 bridgehead atoms. The minimum absolute atomic E-state index is 0.178. The first-order valence-corrected chi connectivity index (χ1v) is 6.48. The molecule has 88 valence electrons. The molecule has 0 aromatic carbocycles. The third-order valence-electron chi connectivity index (χ3n) is 1.75. The largest absolute Gasteiger partial charge is 0.333 e. The molecule has 0 unspecified atom stereocenters. The van der Waals surface area contributed by atoms with Gasteiger partial charge in [-0.15, -0.1) is 6.58 Å². The van der Waals surface area contributed by atoms with Crippen LogP contribution in [0.4, 0.5) is 4.79 Å². The van der Waals surface area contributed by atoms with Gasteiger partial charge in [-0.25, -0.2) is 0 Å². The van der Waals surface area contributed by atoms with Gasteiger partial charge >= 0.3 is 0 Å². The van der Waals surface area contributed by atoms with Crippen LogP contribution in [0.5, 0.6) is 0 Å². The Morgan fingerprint density at radius 1 is 1.27 bits per heavy atom. The SMILES string of the molecule is C=CCSC(=O)N(CC(C)C)CC(C)C. The second kappa shape index (κ2) is 7.80. The summed E-state index contributed by atoms with van der Waals surface area (Å²) in [5, 5.41) is 0.178. The van der Waals surface area contributed by atoms with Gasteiger partial charge in [-0.05, 0) is 11.8 Å². The van der Waals surface area contributed by atoms with Gasteiger partial charge in [0.2, 0.25) is 0 Å². The lowest BCUT2D eigenvalue weighted by molar-refractivity contribution is 0.208. The molecule has 0 aromatic rings. The van der Waals surface area contributed by atoms with Gasteiger partial charge < -0.3 is 4.90 Å². The van der Waals surface area contributed by atoms with Crippen LogP contribution < -0.4 is 0 Å². The summed E-state index contributed by atoms with van der Waals surface area (Å²) in [6.45, 7) is 13.9. The fourth-order valence-electron chi connectivity index (χ4n) is 1.33. The molecule has 0 aliphatic rings. The van der Waals surface area contributed by atoms with Crippen molar-refractivity contribution in [2.75, 3.05) is 18.8 Å². The number of hydrogen-bond donors (Lipinski definition) is 0. The van der Waals surface area contributed by atoms with Gasteiger partial charge in [0.25, 0.3) is 5.24 Å². The van der Waals surface area contributed by atoms with E-state index in [1.54, 1.807) is 6.08 Å². The molecule has 0 aliphatic carbocycles. The molecular weight excluding hydrogens is 206 g/mol. The van der Waals surface area contributed by atoms with Crippen molar-refractivity contribution in [3.8, 4) is 0 Å². The number of thioether (sulfide) groups is 1. The summed E-state index contributed by atoms with van der Waals surface area (Å²) < 4.78 is 0. The second-order valence-electron chi connectivity index (χ2n) is 4.56. The molecule has 3 heteroatoms. The molecule has 0 rings (SSSR count). The number of rotatable bonds is 6. The molecule has 0 spiro atoms. The molecule has 0 N–H and O–H groups in total. The molecular formula is C12H23NOS. The summed E-state index contributed by atoms with van der Waals surface area (Å²) >= 11 is 1.34. The van der Waals surface area contributed by atoms with Crippen LogP contribution in [0, 0.1) is 11.8 Å². The zero-order valence-electron chi connectivity index (χ0n) is 10.3. The summed E-state index contributed by atoms with van der Waals surface area (Å²) in [5.74, 6) is 1.75. The van der Waals surface area contributed by atoms with Crippen molar-refractivity contribution in [1.82, 2.24) is 4.90 Å². The maximum atomic E-state index is 11.8. The molecule has 1 amide bonds. The van der Waals surface area contributed by atoms with E-state index in [2.05, 4.69) is 34.3 Å². The van der Waals surface area contributed by atoms with E-state index in [1.807, 2.05) is 4.90 Å². The van der Waals surface area contributed by atoms with E-state index in [0.29, 0.717) is 17.6 Å². The zero-order valence-corrected chi connectivity index (χ0v) is 11.1. The lowest BCUT2D eigenvalue weighted by Gasteiger charge is -2.25. The van der Waals surface area contributed by atoms with E-state index in [1.165, 1.54) is 11.8 Å². The number of carbonyl (C=O) groups excluding carboxylic acids is 1. The first-order chi connectivity index (χ1) is 6.97. The minimum atomic E-state index is 0.178. The average molecular weight is 229 g/mol. The standard InChI is InChI=1S/C12H23NOS/c1-6-7-15-12(14)13(8-10(2)3)9-11(4)5/h6,10-11H,1,7-9H2,2-5H3. The van der Waals surface area contributed by atoms with E-state index >= 15 is 0 Å². The van der Waals surface area contributed by atoms with Gasteiger partial charge in [-0.2, -0.15) is 0 Å². The van der Waals surface area contributed by atoms with Crippen molar-refractivity contribution >= 4 is 17.0 Å². The molecule has 0 heterocycles. The summed E-state index contributed by atoms with van der Waals surface area (Å²) in [6.07, 6.45) is 1.77. The molecule has 0 fully saturated rings. The van der Waals surface area contributed by atoms with Gasteiger partial charge in [0, 0.05) is 18.8 Å². The van der Waals surface area contributed by atoms with Crippen molar-refractivity contribution in [3.63, 3.8) is 0 Å². The summed E-state index contributed by atoms with van der Waals surface area (Å²) in [4.78, 5) is 13.8. The molecule has 15 heavy (non-hydrogen) atoms. The van der Waals surface area contributed by atoms with Gasteiger partial charge in [0.05, 0.1) is 0 Å². The molecule has 2 nitrogen and oxygen atoms in total. The lowest BCUT2D eigenvalue weighted by Crippen LogP contribution is -2.34. The first kappa shape index (κ1) is 14.6. The van der Waals surface area contributed by atoms with E-state index in [4.69, 9.17) is 0 Å². The number of amides is 1. The van der Waals surface area contributed by atoms with Crippen LogP contribution in [-0.2, 0) is 0 Å². The number of hydrogen-bond acceptors (Lipinski definition) is 2. The summed E-state index contributed by atoms with van der Waals surface area (Å²) in [6, 6.07) is 0. The Morgan fingerprint density at radius 2 is 1.73 bits per heavy atom. The third kappa shape index (κ3) is 7.48. The Bertz CT molecular complexity index is 192. The fourth-order valence-corrected chi connectivity index (χ4v) is 1.92. The Morgan fingerprint density at radius 3 is 2.07 bits per heavy atom. The van der Waals surface area contributed by atoms with E-state index in [0.717, 1.165) is 13.1 Å². The van der Waals surface area contributed by atoms with Crippen molar-refractivity contribution in [2.45, 2.75) is 27.7 Å². The van der Waals surface area contributed by atoms with Crippen LogP contribution in [-0.4, -0.2) is 29.0 Å².